The molecule has 0 aliphatic carbocycles. The zero-order valence-electron chi connectivity index (χ0n) is 10.9. The highest BCUT2D eigenvalue weighted by molar-refractivity contribution is 7.79. The first kappa shape index (κ1) is 16.0. The van der Waals surface area contributed by atoms with E-state index < -0.39 is 23.2 Å². The lowest BCUT2D eigenvalue weighted by molar-refractivity contribution is -0.186. The SMILES string of the molecule is O=C(N1CCC(c2ccc(S(=O)[O-])cc2)CC1)C(F)(F)F. The molecule has 0 radical (unpaired) electrons. The highest BCUT2D eigenvalue weighted by Gasteiger charge is 2.43. The fourth-order valence-corrected chi connectivity index (χ4v) is 2.80. The summed E-state index contributed by atoms with van der Waals surface area (Å²) in [4.78, 5) is 12.1. The van der Waals surface area contributed by atoms with Gasteiger partial charge in [0.1, 0.15) is 0 Å². The van der Waals surface area contributed by atoms with Crippen molar-refractivity contribution in [1.82, 2.24) is 4.90 Å². The van der Waals surface area contributed by atoms with E-state index in [-0.39, 0.29) is 23.9 Å². The number of piperidine rings is 1. The highest BCUT2D eigenvalue weighted by atomic mass is 32.2. The summed E-state index contributed by atoms with van der Waals surface area (Å²) < 4.78 is 58.5. The van der Waals surface area contributed by atoms with Crippen LogP contribution >= 0.6 is 0 Å². The van der Waals surface area contributed by atoms with Crippen LogP contribution < -0.4 is 0 Å². The molecule has 1 fully saturated rings. The maximum absolute atomic E-state index is 12.3. The summed E-state index contributed by atoms with van der Waals surface area (Å²) in [5.74, 6) is -1.76. The van der Waals surface area contributed by atoms with Crippen LogP contribution in [-0.4, -0.2) is 38.8 Å². The Bertz CT molecular complexity index is 537. The molecule has 116 valence electrons. The van der Waals surface area contributed by atoms with Gasteiger partial charge in [0, 0.05) is 18.0 Å². The lowest BCUT2D eigenvalue weighted by atomic mass is 9.89. The van der Waals surface area contributed by atoms with Crippen molar-refractivity contribution in [2.45, 2.75) is 29.8 Å². The molecule has 0 aromatic heterocycles. The second-order valence-corrected chi connectivity index (χ2v) is 5.81. The van der Waals surface area contributed by atoms with E-state index in [9.17, 15) is 26.7 Å². The molecule has 1 amide bonds. The van der Waals surface area contributed by atoms with Crippen LogP contribution in [-0.2, 0) is 15.9 Å². The van der Waals surface area contributed by atoms with Crippen molar-refractivity contribution >= 4 is 17.0 Å². The standard InChI is InChI=1S/C13H14F3NO3S/c14-13(15,16)12(18)17-7-5-10(6-8-17)9-1-3-11(4-2-9)21(19)20/h1-4,10H,5-8H2,(H,19,20)/p-1. The van der Waals surface area contributed by atoms with Crippen LogP contribution in [0.4, 0.5) is 13.2 Å². The second kappa shape index (κ2) is 6.15. The Morgan fingerprint density at radius 2 is 1.71 bits per heavy atom. The summed E-state index contributed by atoms with van der Waals surface area (Å²) in [5, 5.41) is 0. The van der Waals surface area contributed by atoms with Gasteiger partial charge in [-0.2, -0.15) is 13.2 Å². The minimum absolute atomic E-state index is 0.0384. The third-order valence-electron chi connectivity index (χ3n) is 3.57. The molecule has 0 spiro atoms. The Balaban J connectivity index is 1.98. The Kier molecular flexibility index (Phi) is 4.67. The average molecular weight is 320 g/mol. The third-order valence-corrected chi connectivity index (χ3v) is 4.23. The van der Waals surface area contributed by atoms with Gasteiger partial charge in [-0.15, -0.1) is 0 Å². The predicted molar refractivity (Wildman–Crippen MR) is 68.2 cm³/mol. The fraction of sp³-hybridized carbons (Fsp3) is 0.462. The van der Waals surface area contributed by atoms with Crippen LogP contribution in [0.25, 0.3) is 0 Å². The molecule has 1 aromatic rings. The minimum Gasteiger partial charge on any atom is -0.768 e. The largest absolute Gasteiger partial charge is 0.768 e. The van der Waals surface area contributed by atoms with Crippen molar-refractivity contribution < 1.29 is 26.7 Å². The molecule has 1 saturated heterocycles. The van der Waals surface area contributed by atoms with E-state index >= 15 is 0 Å². The maximum Gasteiger partial charge on any atom is 0.471 e. The molecule has 1 unspecified atom stereocenters. The van der Waals surface area contributed by atoms with E-state index in [1.165, 1.54) is 12.1 Å². The number of hydrogen-bond donors (Lipinski definition) is 0. The number of carbonyl (C=O) groups is 1. The molecule has 4 nitrogen and oxygen atoms in total. The number of nitrogens with zero attached hydrogens (tertiary/aromatic N) is 1. The highest BCUT2D eigenvalue weighted by Crippen LogP contribution is 2.30. The van der Waals surface area contributed by atoms with Gasteiger partial charge >= 0.3 is 12.1 Å². The molecule has 2 rings (SSSR count). The van der Waals surface area contributed by atoms with E-state index in [2.05, 4.69) is 0 Å². The van der Waals surface area contributed by atoms with Gasteiger partial charge in [0.2, 0.25) is 0 Å². The molecule has 1 atom stereocenters. The lowest BCUT2D eigenvalue weighted by Gasteiger charge is -2.32. The quantitative estimate of drug-likeness (QED) is 0.785. The number of carbonyl (C=O) groups excluding carboxylic acids is 1. The molecule has 1 heterocycles. The summed E-state index contributed by atoms with van der Waals surface area (Å²) >= 11 is -2.29. The summed E-state index contributed by atoms with van der Waals surface area (Å²) in [7, 11) is 0. The Hall–Kier alpha value is -1.41. The molecule has 1 aliphatic heterocycles. The van der Waals surface area contributed by atoms with Gasteiger partial charge < -0.3 is 9.45 Å². The molecule has 21 heavy (non-hydrogen) atoms. The van der Waals surface area contributed by atoms with Crippen LogP contribution in [0.15, 0.2) is 29.2 Å². The van der Waals surface area contributed by atoms with E-state index in [1.54, 1.807) is 12.1 Å². The molecular formula is C13H13F3NO3S-. The number of benzene rings is 1. The van der Waals surface area contributed by atoms with Crippen LogP contribution in [0, 0.1) is 0 Å². The summed E-state index contributed by atoms with van der Waals surface area (Å²) in [6.45, 7) is 0.108. The number of hydrogen-bond acceptors (Lipinski definition) is 3. The van der Waals surface area contributed by atoms with Crippen molar-refractivity contribution in [2.24, 2.45) is 0 Å². The first-order valence-electron chi connectivity index (χ1n) is 6.34. The van der Waals surface area contributed by atoms with Crippen molar-refractivity contribution in [1.29, 1.82) is 0 Å². The van der Waals surface area contributed by atoms with E-state index in [0.29, 0.717) is 12.8 Å². The van der Waals surface area contributed by atoms with Crippen LogP contribution in [0.1, 0.15) is 24.3 Å². The maximum atomic E-state index is 12.3. The first-order valence-corrected chi connectivity index (χ1v) is 7.42. The molecular weight excluding hydrogens is 307 g/mol. The normalized spacial score (nSPS) is 18.6. The number of rotatable bonds is 2. The van der Waals surface area contributed by atoms with E-state index in [0.717, 1.165) is 10.5 Å². The van der Waals surface area contributed by atoms with Gasteiger partial charge in [0.05, 0.1) is 0 Å². The molecule has 1 aromatic carbocycles. The van der Waals surface area contributed by atoms with Crippen molar-refractivity contribution in [3.63, 3.8) is 0 Å². The molecule has 1 aliphatic rings. The topological polar surface area (TPSA) is 60.4 Å². The molecule has 0 N–H and O–H groups in total. The average Bonchev–Trinajstić information content (AvgIpc) is 2.46. The van der Waals surface area contributed by atoms with Crippen molar-refractivity contribution in [3.8, 4) is 0 Å². The minimum atomic E-state index is -4.83. The monoisotopic (exact) mass is 320 g/mol. The molecule has 0 bridgehead atoms. The fourth-order valence-electron chi connectivity index (χ4n) is 2.45. The van der Waals surface area contributed by atoms with Gasteiger partial charge in [0.15, 0.2) is 0 Å². The van der Waals surface area contributed by atoms with Gasteiger partial charge in [-0.3, -0.25) is 9.00 Å². The predicted octanol–water partition coefficient (Wildman–Crippen LogP) is 2.19. The van der Waals surface area contributed by atoms with Gasteiger partial charge in [-0.25, -0.2) is 0 Å². The van der Waals surface area contributed by atoms with E-state index in [4.69, 9.17) is 0 Å². The summed E-state index contributed by atoms with van der Waals surface area (Å²) in [6.07, 6.45) is -3.96. The zero-order valence-corrected chi connectivity index (χ0v) is 11.7. The number of halogens is 3. The zero-order chi connectivity index (χ0) is 15.6. The summed E-state index contributed by atoms with van der Waals surface area (Å²) in [5.41, 5.74) is 0.878. The number of alkyl halides is 3. The second-order valence-electron chi connectivity index (χ2n) is 4.87. The van der Waals surface area contributed by atoms with Crippen molar-refractivity contribution in [2.75, 3.05) is 13.1 Å². The molecule has 0 saturated carbocycles. The van der Waals surface area contributed by atoms with Crippen LogP contribution in [0.5, 0.6) is 0 Å². The summed E-state index contributed by atoms with van der Waals surface area (Å²) in [6, 6.07) is 6.26. The van der Waals surface area contributed by atoms with Gasteiger partial charge in [-0.1, -0.05) is 12.1 Å². The smallest absolute Gasteiger partial charge is 0.471 e. The Morgan fingerprint density at radius 3 is 2.14 bits per heavy atom. The number of likely N-dealkylation sites (tertiary alicyclic amines) is 1. The molecule has 8 heteroatoms. The van der Waals surface area contributed by atoms with Gasteiger partial charge in [-0.05, 0) is 47.5 Å². The third kappa shape index (κ3) is 3.82. The van der Waals surface area contributed by atoms with Crippen molar-refractivity contribution in [3.05, 3.63) is 29.8 Å². The number of amides is 1. The lowest BCUT2D eigenvalue weighted by Crippen LogP contribution is -2.45. The van der Waals surface area contributed by atoms with Gasteiger partial charge in [0.25, 0.3) is 0 Å². The Morgan fingerprint density at radius 1 is 1.19 bits per heavy atom. The first-order chi connectivity index (χ1) is 9.79. The van der Waals surface area contributed by atoms with E-state index in [1.807, 2.05) is 0 Å². The Labute approximate surface area is 122 Å². The van der Waals surface area contributed by atoms with Crippen LogP contribution in [0.2, 0.25) is 0 Å². The van der Waals surface area contributed by atoms with Crippen LogP contribution in [0.3, 0.4) is 0 Å².